The van der Waals surface area contributed by atoms with Crippen molar-refractivity contribution in [3.05, 3.63) is 82.6 Å². The highest BCUT2D eigenvalue weighted by Crippen LogP contribution is 2.37. The van der Waals surface area contributed by atoms with Crippen molar-refractivity contribution in [1.82, 2.24) is 0 Å². The number of carbonyl (C=O) groups is 1. The molecule has 0 saturated heterocycles. The fourth-order valence-corrected chi connectivity index (χ4v) is 5.03. The van der Waals surface area contributed by atoms with Crippen LogP contribution in [0.15, 0.2) is 65.6 Å². The molecule has 0 aliphatic rings. The van der Waals surface area contributed by atoms with Gasteiger partial charge in [0, 0.05) is 22.2 Å². The van der Waals surface area contributed by atoms with E-state index in [0.29, 0.717) is 5.75 Å². The Morgan fingerprint density at radius 1 is 1.06 bits per heavy atom. The summed E-state index contributed by atoms with van der Waals surface area (Å²) in [5.41, 5.74) is 5.11. The second-order valence-corrected chi connectivity index (χ2v) is 9.42. The molecular weight excluding hydrogens is 487 g/mol. The lowest BCUT2D eigenvalue weighted by atomic mass is 9.99. The maximum absolute atomic E-state index is 14.4. The minimum Gasteiger partial charge on any atom is -0.493 e. The standard InChI is InChI=1S/C23H22ClFN2O6S/c1-32-20-10-8-15(12-21(20)33-2)34(30,31)27(13-22(26)28)19-9-7-14(24)11-17(19)23(29)16-5-3-4-6-18(16)25/h3-12,23,29H,13H2,1-2H3,(H2,26,28). The van der Waals surface area contributed by atoms with Gasteiger partial charge in [-0.2, -0.15) is 0 Å². The fourth-order valence-electron chi connectivity index (χ4n) is 3.38. The number of nitrogens with two attached hydrogens (primary N) is 1. The van der Waals surface area contributed by atoms with Crippen LogP contribution in [-0.2, 0) is 14.8 Å². The van der Waals surface area contributed by atoms with Crippen molar-refractivity contribution in [2.45, 2.75) is 11.0 Å². The van der Waals surface area contributed by atoms with Crippen molar-refractivity contribution in [2.75, 3.05) is 25.1 Å². The van der Waals surface area contributed by atoms with Gasteiger partial charge in [-0.1, -0.05) is 29.8 Å². The first-order chi connectivity index (χ1) is 16.1. The molecule has 1 unspecified atom stereocenters. The number of carbonyl (C=O) groups excluding carboxylic acids is 1. The molecule has 34 heavy (non-hydrogen) atoms. The Hall–Kier alpha value is -3.34. The fraction of sp³-hybridized carbons (Fsp3) is 0.174. The van der Waals surface area contributed by atoms with Gasteiger partial charge in [-0.15, -0.1) is 0 Å². The quantitative estimate of drug-likeness (QED) is 0.458. The molecule has 0 spiro atoms. The number of aliphatic hydroxyl groups is 1. The van der Waals surface area contributed by atoms with E-state index in [1.807, 2.05) is 0 Å². The average Bonchev–Trinajstić information content (AvgIpc) is 2.81. The largest absolute Gasteiger partial charge is 0.493 e. The van der Waals surface area contributed by atoms with E-state index < -0.39 is 34.4 Å². The zero-order valence-electron chi connectivity index (χ0n) is 18.2. The smallest absolute Gasteiger partial charge is 0.264 e. The van der Waals surface area contributed by atoms with E-state index in [9.17, 15) is 22.7 Å². The van der Waals surface area contributed by atoms with Crippen LogP contribution in [0.1, 0.15) is 17.2 Å². The van der Waals surface area contributed by atoms with Crippen molar-refractivity contribution >= 4 is 33.2 Å². The number of amides is 1. The second kappa shape index (κ2) is 10.3. The summed E-state index contributed by atoms with van der Waals surface area (Å²) in [7, 11) is -1.68. The van der Waals surface area contributed by atoms with Gasteiger partial charge in [-0.3, -0.25) is 9.10 Å². The van der Waals surface area contributed by atoms with Crippen LogP contribution >= 0.6 is 11.6 Å². The molecule has 1 amide bonds. The van der Waals surface area contributed by atoms with Crippen molar-refractivity contribution in [3.63, 3.8) is 0 Å². The van der Waals surface area contributed by atoms with Crippen molar-refractivity contribution in [3.8, 4) is 11.5 Å². The van der Waals surface area contributed by atoms with E-state index in [0.717, 1.165) is 10.4 Å². The Morgan fingerprint density at radius 2 is 1.74 bits per heavy atom. The number of primary amides is 1. The van der Waals surface area contributed by atoms with E-state index in [2.05, 4.69) is 0 Å². The second-order valence-electron chi connectivity index (χ2n) is 7.12. The van der Waals surface area contributed by atoms with Gasteiger partial charge in [0.05, 0.1) is 24.8 Å². The van der Waals surface area contributed by atoms with Crippen LogP contribution < -0.4 is 19.5 Å². The van der Waals surface area contributed by atoms with Gasteiger partial charge in [0.15, 0.2) is 11.5 Å². The SMILES string of the molecule is COc1ccc(S(=O)(=O)N(CC(N)=O)c2ccc(Cl)cc2C(O)c2ccccc2F)cc1OC. The number of aliphatic hydroxyl groups excluding tert-OH is 1. The number of halogens is 2. The molecular formula is C23H22ClFN2O6S. The van der Waals surface area contributed by atoms with E-state index in [-0.39, 0.29) is 32.5 Å². The number of methoxy groups -OCH3 is 2. The lowest BCUT2D eigenvalue weighted by Crippen LogP contribution is -2.39. The molecule has 3 aromatic rings. The lowest BCUT2D eigenvalue weighted by molar-refractivity contribution is -0.116. The van der Waals surface area contributed by atoms with Gasteiger partial charge in [0.1, 0.15) is 18.5 Å². The van der Waals surface area contributed by atoms with Crippen LogP contribution in [0.2, 0.25) is 5.02 Å². The third kappa shape index (κ3) is 5.09. The predicted octanol–water partition coefficient (Wildman–Crippen LogP) is 3.26. The molecule has 0 bridgehead atoms. The van der Waals surface area contributed by atoms with Crippen LogP contribution in [-0.4, -0.2) is 40.2 Å². The summed E-state index contributed by atoms with van der Waals surface area (Å²) < 4.78 is 52.7. The highest BCUT2D eigenvalue weighted by atomic mass is 35.5. The normalized spacial score (nSPS) is 12.1. The zero-order chi connectivity index (χ0) is 25.0. The highest BCUT2D eigenvalue weighted by Gasteiger charge is 2.31. The molecule has 1 atom stereocenters. The Balaban J connectivity index is 2.21. The van der Waals surface area contributed by atoms with Crippen molar-refractivity contribution in [2.24, 2.45) is 5.73 Å². The summed E-state index contributed by atoms with van der Waals surface area (Å²) in [6.07, 6.45) is -1.59. The molecule has 3 N–H and O–H groups in total. The molecule has 0 heterocycles. The number of hydrogen-bond donors (Lipinski definition) is 2. The molecule has 3 rings (SSSR count). The topological polar surface area (TPSA) is 119 Å². The Bertz CT molecular complexity index is 1320. The number of hydrogen-bond acceptors (Lipinski definition) is 6. The number of rotatable bonds is 9. The molecule has 0 aliphatic carbocycles. The summed E-state index contributed by atoms with van der Waals surface area (Å²) in [6.45, 7) is -0.755. The summed E-state index contributed by atoms with van der Waals surface area (Å²) in [4.78, 5) is 11.7. The molecule has 180 valence electrons. The van der Waals surface area contributed by atoms with Crippen molar-refractivity contribution < 1.29 is 32.2 Å². The number of ether oxygens (including phenoxy) is 2. The van der Waals surface area contributed by atoms with Crippen LogP contribution in [0.4, 0.5) is 10.1 Å². The Labute approximate surface area is 201 Å². The number of benzene rings is 3. The van der Waals surface area contributed by atoms with Crippen LogP contribution in [0, 0.1) is 5.82 Å². The molecule has 11 heteroatoms. The first kappa shape index (κ1) is 25.3. The third-order valence-electron chi connectivity index (χ3n) is 5.00. The predicted molar refractivity (Wildman–Crippen MR) is 125 cm³/mol. The minimum atomic E-state index is -4.42. The monoisotopic (exact) mass is 508 g/mol. The molecule has 0 aromatic heterocycles. The zero-order valence-corrected chi connectivity index (χ0v) is 19.8. The Kier molecular flexibility index (Phi) is 7.65. The molecule has 8 nitrogen and oxygen atoms in total. The van der Waals surface area contributed by atoms with Crippen LogP contribution in [0.25, 0.3) is 0 Å². The first-order valence-electron chi connectivity index (χ1n) is 9.85. The van der Waals surface area contributed by atoms with Crippen molar-refractivity contribution in [1.29, 1.82) is 0 Å². The van der Waals surface area contributed by atoms with Crippen LogP contribution in [0.5, 0.6) is 11.5 Å². The minimum absolute atomic E-state index is 0.0390. The molecule has 0 aliphatic heterocycles. The molecule has 3 aromatic carbocycles. The van der Waals surface area contributed by atoms with Crippen LogP contribution in [0.3, 0.4) is 0 Å². The van der Waals surface area contributed by atoms with Gasteiger partial charge in [-0.05, 0) is 36.4 Å². The number of anilines is 1. The highest BCUT2D eigenvalue weighted by molar-refractivity contribution is 7.92. The molecule has 0 saturated carbocycles. The van der Waals surface area contributed by atoms with Gasteiger partial charge < -0.3 is 20.3 Å². The lowest BCUT2D eigenvalue weighted by Gasteiger charge is -2.27. The van der Waals surface area contributed by atoms with E-state index in [4.69, 9.17) is 26.8 Å². The summed E-state index contributed by atoms with van der Waals surface area (Å²) in [5, 5.41) is 11.1. The Morgan fingerprint density at radius 3 is 2.35 bits per heavy atom. The maximum atomic E-state index is 14.4. The van der Waals surface area contributed by atoms with E-state index in [1.54, 1.807) is 0 Å². The number of sulfonamides is 1. The van der Waals surface area contributed by atoms with Gasteiger partial charge >= 0.3 is 0 Å². The summed E-state index contributed by atoms with van der Waals surface area (Å²) in [5.74, 6) is -1.22. The summed E-state index contributed by atoms with van der Waals surface area (Å²) in [6, 6.07) is 13.4. The van der Waals surface area contributed by atoms with Gasteiger partial charge in [0.25, 0.3) is 10.0 Å². The molecule has 0 fully saturated rings. The van der Waals surface area contributed by atoms with E-state index in [1.165, 1.54) is 68.8 Å². The third-order valence-corrected chi connectivity index (χ3v) is 6.99. The average molecular weight is 509 g/mol. The van der Waals surface area contributed by atoms with Gasteiger partial charge in [-0.25, -0.2) is 12.8 Å². The first-order valence-corrected chi connectivity index (χ1v) is 11.7. The van der Waals surface area contributed by atoms with E-state index >= 15 is 0 Å². The van der Waals surface area contributed by atoms with Gasteiger partial charge in [0.2, 0.25) is 5.91 Å². The summed E-state index contributed by atoms with van der Waals surface area (Å²) >= 11 is 6.11. The number of nitrogens with zero attached hydrogens (tertiary/aromatic N) is 1. The molecule has 0 radical (unpaired) electrons. The maximum Gasteiger partial charge on any atom is 0.264 e.